The first kappa shape index (κ1) is 12.9. The average molecular weight is 265 g/mol. The minimum Gasteiger partial charge on any atom is -0.309 e. The Morgan fingerprint density at radius 2 is 2.18 bits per heavy atom. The van der Waals surface area contributed by atoms with Crippen molar-refractivity contribution in [1.82, 2.24) is 5.32 Å². The van der Waals surface area contributed by atoms with Crippen molar-refractivity contribution in [2.24, 2.45) is 0 Å². The predicted octanol–water partition coefficient (Wildman–Crippen LogP) is 4.13. The molecule has 2 rings (SSSR count). The van der Waals surface area contributed by atoms with E-state index in [9.17, 15) is 0 Å². The molecule has 0 spiro atoms. The van der Waals surface area contributed by atoms with E-state index < -0.39 is 0 Å². The van der Waals surface area contributed by atoms with Crippen molar-refractivity contribution in [2.75, 3.05) is 12.0 Å². The van der Waals surface area contributed by atoms with Gasteiger partial charge in [-0.1, -0.05) is 25.1 Å². The number of rotatable bonds is 6. The fraction of sp³-hybridized carbons (Fsp3) is 0.429. The highest BCUT2D eigenvalue weighted by Gasteiger charge is 2.07. The van der Waals surface area contributed by atoms with Crippen LogP contribution >= 0.6 is 23.1 Å². The summed E-state index contributed by atoms with van der Waals surface area (Å²) < 4.78 is 1.39. The van der Waals surface area contributed by atoms with Gasteiger partial charge in [-0.2, -0.15) is 11.8 Å². The zero-order valence-electron chi connectivity index (χ0n) is 10.4. The fourth-order valence-corrected chi connectivity index (χ4v) is 3.66. The summed E-state index contributed by atoms with van der Waals surface area (Å²) in [6.45, 7) is 3.24. The molecule has 0 aliphatic heterocycles. The van der Waals surface area contributed by atoms with Gasteiger partial charge in [-0.25, -0.2) is 0 Å². The number of hydrogen-bond acceptors (Lipinski definition) is 3. The summed E-state index contributed by atoms with van der Waals surface area (Å²) in [4.78, 5) is 0. The first-order chi connectivity index (χ1) is 8.35. The Morgan fingerprint density at radius 3 is 2.94 bits per heavy atom. The molecule has 1 atom stereocenters. The quantitative estimate of drug-likeness (QED) is 0.842. The molecular formula is C14H19NS2. The number of thioether (sulfide) groups is 1. The number of nitrogens with one attached hydrogen (secondary N) is 1. The number of thiophene rings is 1. The predicted molar refractivity (Wildman–Crippen MR) is 81.1 cm³/mol. The van der Waals surface area contributed by atoms with Gasteiger partial charge in [0.1, 0.15) is 0 Å². The standard InChI is InChI=1S/C14H19NS2/c1-3-12(10-16-2)15-8-11-9-17-14-7-5-4-6-13(11)14/h4-7,9,12,15H,3,8,10H2,1-2H3. The van der Waals surface area contributed by atoms with Crippen molar-refractivity contribution in [2.45, 2.75) is 25.9 Å². The number of hydrogen-bond donors (Lipinski definition) is 1. The highest BCUT2D eigenvalue weighted by molar-refractivity contribution is 7.98. The van der Waals surface area contributed by atoms with Crippen molar-refractivity contribution >= 4 is 33.2 Å². The van der Waals surface area contributed by atoms with Crippen molar-refractivity contribution in [3.8, 4) is 0 Å². The van der Waals surface area contributed by atoms with E-state index in [1.54, 1.807) is 0 Å². The van der Waals surface area contributed by atoms with Gasteiger partial charge in [-0.3, -0.25) is 0 Å². The van der Waals surface area contributed by atoms with Crippen LogP contribution in [-0.2, 0) is 6.54 Å². The maximum atomic E-state index is 3.65. The van der Waals surface area contributed by atoms with Gasteiger partial charge in [0, 0.05) is 23.0 Å². The molecule has 0 saturated carbocycles. The maximum absolute atomic E-state index is 3.65. The van der Waals surface area contributed by atoms with Crippen LogP contribution in [0.2, 0.25) is 0 Å². The van der Waals surface area contributed by atoms with Gasteiger partial charge in [-0.05, 0) is 35.1 Å². The molecule has 1 N–H and O–H groups in total. The molecule has 92 valence electrons. The Hall–Kier alpha value is -0.510. The molecule has 3 heteroatoms. The van der Waals surface area contributed by atoms with Crippen LogP contribution in [0.5, 0.6) is 0 Å². The Bertz CT molecular complexity index is 464. The SMILES string of the molecule is CCC(CSC)NCc1csc2ccccc12. The van der Waals surface area contributed by atoms with E-state index >= 15 is 0 Å². The second-order valence-electron chi connectivity index (χ2n) is 4.20. The lowest BCUT2D eigenvalue weighted by molar-refractivity contribution is 0.543. The zero-order valence-corrected chi connectivity index (χ0v) is 12.0. The molecular weight excluding hydrogens is 246 g/mol. The van der Waals surface area contributed by atoms with Crippen molar-refractivity contribution < 1.29 is 0 Å². The van der Waals surface area contributed by atoms with E-state index in [-0.39, 0.29) is 0 Å². The van der Waals surface area contributed by atoms with Crippen LogP contribution in [0.1, 0.15) is 18.9 Å². The molecule has 0 bridgehead atoms. The first-order valence-corrected chi connectivity index (χ1v) is 8.30. The fourth-order valence-electron chi connectivity index (χ4n) is 1.95. The summed E-state index contributed by atoms with van der Waals surface area (Å²) in [6, 6.07) is 9.28. The van der Waals surface area contributed by atoms with Gasteiger partial charge in [0.15, 0.2) is 0 Å². The summed E-state index contributed by atoms with van der Waals surface area (Å²) in [5.41, 5.74) is 1.44. The monoisotopic (exact) mass is 265 g/mol. The zero-order chi connectivity index (χ0) is 12.1. The largest absolute Gasteiger partial charge is 0.309 e. The van der Waals surface area contributed by atoms with Crippen LogP contribution in [0.15, 0.2) is 29.6 Å². The van der Waals surface area contributed by atoms with Crippen LogP contribution in [0.3, 0.4) is 0 Å². The molecule has 0 saturated heterocycles. The van der Waals surface area contributed by atoms with E-state index in [0.717, 1.165) is 6.54 Å². The Labute approximate surface area is 112 Å². The lowest BCUT2D eigenvalue weighted by Gasteiger charge is -2.15. The average Bonchev–Trinajstić information content (AvgIpc) is 2.78. The summed E-state index contributed by atoms with van der Waals surface area (Å²) >= 11 is 3.76. The first-order valence-electron chi connectivity index (χ1n) is 6.02. The maximum Gasteiger partial charge on any atom is 0.0346 e. The third kappa shape index (κ3) is 3.24. The van der Waals surface area contributed by atoms with Gasteiger partial charge in [0.05, 0.1) is 0 Å². The number of benzene rings is 1. The third-order valence-corrected chi connectivity index (χ3v) is 4.75. The molecule has 0 aliphatic rings. The molecule has 0 fully saturated rings. The molecule has 1 aromatic heterocycles. The summed E-state index contributed by atoms with van der Waals surface area (Å²) in [6.07, 6.45) is 3.37. The van der Waals surface area contributed by atoms with E-state index in [1.165, 1.54) is 27.8 Å². The minimum absolute atomic E-state index is 0.628. The van der Waals surface area contributed by atoms with Crippen molar-refractivity contribution in [3.05, 3.63) is 35.2 Å². The highest BCUT2D eigenvalue weighted by Crippen LogP contribution is 2.25. The van der Waals surface area contributed by atoms with E-state index in [4.69, 9.17) is 0 Å². The summed E-state index contributed by atoms with van der Waals surface area (Å²) in [5, 5.41) is 7.34. The van der Waals surface area contributed by atoms with Crippen LogP contribution in [-0.4, -0.2) is 18.1 Å². The second kappa shape index (κ2) is 6.43. The van der Waals surface area contributed by atoms with Crippen LogP contribution in [0.4, 0.5) is 0 Å². The van der Waals surface area contributed by atoms with Crippen LogP contribution in [0.25, 0.3) is 10.1 Å². The van der Waals surface area contributed by atoms with Crippen molar-refractivity contribution in [3.63, 3.8) is 0 Å². The van der Waals surface area contributed by atoms with Gasteiger partial charge >= 0.3 is 0 Å². The molecule has 1 heterocycles. The van der Waals surface area contributed by atoms with E-state index in [2.05, 4.69) is 48.1 Å². The Balaban J connectivity index is 2.03. The molecule has 17 heavy (non-hydrogen) atoms. The molecule has 1 aromatic carbocycles. The third-order valence-electron chi connectivity index (χ3n) is 3.00. The summed E-state index contributed by atoms with van der Waals surface area (Å²) in [5.74, 6) is 1.19. The smallest absolute Gasteiger partial charge is 0.0346 e. The van der Waals surface area contributed by atoms with E-state index in [0.29, 0.717) is 6.04 Å². The Kier molecular flexibility index (Phi) is 4.89. The molecule has 0 aliphatic carbocycles. The lowest BCUT2D eigenvalue weighted by atomic mass is 10.1. The topological polar surface area (TPSA) is 12.0 Å². The van der Waals surface area contributed by atoms with Gasteiger partial charge in [0.2, 0.25) is 0 Å². The molecule has 0 radical (unpaired) electrons. The Morgan fingerprint density at radius 1 is 1.35 bits per heavy atom. The molecule has 1 unspecified atom stereocenters. The van der Waals surface area contributed by atoms with Crippen LogP contribution in [0, 0.1) is 0 Å². The van der Waals surface area contributed by atoms with Gasteiger partial charge in [-0.15, -0.1) is 11.3 Å². The molecule has 2 aromatic rings. The van der Waals surface area contributed by atoms with Gasteiger partial charge < -0.3 is 5.32 Å². The van der Waals surface area contributed by atoms with Crippen LogP contribution < -0.4 is 5.32 Å². The second-order valence-corrected chi connectivity index (χ2v) is 6.02. The minimum atomic E-state index is 0.628. The van der Waals surface area contributed by atoms with Crippen molar-refractivity contribution in [1.29, 1.82) is 0 Å². The highest BCUT2D eigenvalue weighted by atomic mass is 32.2. The lowest BCUT2D eigenvalue weighted by Crippen LogP contribution is -2.29. The summed E-state index contributed by atoms with van der Waals surface area (Å²) in [7, 11) is 0. The van der Waals surface area contributed by atoms with Gasteiger partial charge in [0.25, 0.3) is 0 Å². The molecule has 0 amide bonds. The normalized spacial score (nSPS) is 13.1. The molecule has 1 nitrogen and oxygen atoms in total. The number of fused-ring (bicyclic) bond motifs is 1. The van der Waals surface area contributed by atoms with E-state index in [1.807, 2.05) is 23.1 Å².